The highest BCUT2D eigenvalue weighted by Gasteiger charge is 2.03. The monoisotopic (exact) mass is 460 g/mol. The van der Waals surface area contributed by atoms with Gasteiger partial charge in [0.2, 0.25) is 5.91 Å². The van der Waals surface area contributed by atoms with Crippen LogP contribution in [0.25, 0.3) is 0 Å². The van der Waals surface area contributed by atoms with E-state index in [-0.39, 0.29) is 5.91 Å². The molecule has 33 heavy (non-hydrogen) atoms. The van der Waals surface area contributed by atoms with Gasteiger partial charge in [-0.1, -0.05) is 104 Å². The van der Waals surface area contributed by atoms with E-state index in [1.807, 2.05) is 24.3 Å². The van der Waals surface area contributed by atoms with E-state index >= 15 is 0 Å². The van der Waals surface area contributed by atoms with Crippen LogP contribution in [-0.2, 0) is 4.79 Å². The minimum absolute atomic E-state index is 0.00818. The van der Waals surface area contributed by atoms with E-state index in [4.69, 9.17) is 4.74 Å². The fourth-order valence-electron chi connectivity index (χ4n) is 3.90. The van der Waals surface area contributed by atoms with Crippen LogP contribution in [0.4, 0.5) is 5.69 Å². The molecule has 0 aliphatic heterocycles. The first-order valence-electron chi connectivity index (χ1n) is 13.8. The summed E-state index contributed by atoms with van der Waals surface area (Å²) in [4.78, 5) is 12.1. The van der Waals surface area contributed by atoms with E-state index in [9.17, 15) is 4.79 Å². The van der Waals surface area contributed by atoms with Gasteiger partial charge in [0.05, 0.1) is 13.2 Å². The number of anilines is 1. The van der Waals surface area contributed by atoms with E-state index in [0.29, 0.717) is 12.5 Å². The van der Waals surface area contributed by atoms with Crippen molar-refractivity contribution in [3.63, 3.8) is 0 Å². The highest BCUT2D eigenvalue weighted by molar-refractivity contribution is 5.92. The van der Waals surface area contributed by atoms with Gasteiger partial charge in [0.25, 0.3) is 0 Å². The second-order valence-electron chi connectivity index (χ2n) is 9.88. The van der Waals surface area contributed by atoms with Crippen LogP contribution in [0.1, 0.15) is 117 Å². The molecular formula is C29H52N2O2. The zero-order chi connectivity index (χ0) is 24.0. The van der Waals surface area contributed by atoms with Crippen molar-refractivity contribution in [2.75, 3.05) is 25.0 Å². The molecule has 4 heteroatoms. The number of hydrogen-bond donors (Lipinski definition) is 2. The molecule has 0 bridgehead atoms. The van der Waals surface area contributed by atoms with E-state index in [2.05, 4.69) is 31.4 Å². The predicted molar refractivity (Wildman–Crippen MR) is 143 cm³/mol. The molecular weight excluding hydrogens is 408 g/mol. The Bertz CT molecular complexity index is 571. The lowest BCUT2D eigenvalue weighted by Crippen LogP contribution is -2.28. The van der Waals surface area contributed by atoms with Crippen LogP contribution in [0.5, 0.6) is 5.75 Å². The normalized spacial score (nSPS) is 11.2. The third-order valence-electron chi connectivity index (χ3n) is 6.09. The van der Waals surface area contributed by atoms with Crippen molar-refractivity contribution in [1.29, 1.82) is 0 Å². The summed E-state index contributed by atoms with van der Waals surface area (Å²) in [6.07, 6.45) is 20.2. The molecule has 0 aromatic heterocycles. The summed E-state index contributed by atoms with van der Waals surface area (Å²) in [7, 11) is 0. The summed E-state index contributed by atoms with van der Waals surface area (Å²) < 4.78 is 5.72. The van der Waals surface area contributed by atoms with Gasteiger partial charge in [-0.2, -0.15) is 0 Å². The first-order valence-corrected chi connectivity index (χ1v) is 13.8. The van der Waals surface area contributed by atoms with Crippen molar-refractivity contribution in [1.82, 2.24) is 5.32 Å². The summed E-state index contributed by atoms with van der Waals surface area (Å²) in [5, 5.41) is 6.20. The number of benzene rings is 1. The van der Waals surface area contributed by atoms with Crippen molar-refractivity contribution in [3.05, 3.63) is 24.3 Å². The van der Waals surface area contributed by atoms with Crippen LogP contribution in [0.15, 0.2) is 24.3 Å². The van der Waals surface area contributed by atoms with Crippen LogP contribution < -0.4 is 15.4 Å². The Kier molecular flexibility index (Phi) is 18.8. The molecule has 1 aromatic rings. The van der Waals surface area contributed by atoms with Crippen LogP contribution in [0.3, 0.4) is 0 Å². The molecule has 190 valence electrons. The third-order valence-corrected chi connectivity index (χ3v) is 6.09. The van der Waals surface area contributed by atoms with Gasteiger partial charge in [0, 0.05) is 5.69 Å². The highest BCUT2D eigenvalue weighted by Crippen LogP contribution is 2.16. The Morgan fingerprint density at radius 2 is 1.30 bits per heavy atom. The minimum Gasteiger partial charge on any atom is -0.494 e. The zero-order valence-electron chi connectivity index (χ0n) is 21.9. The first kappa shape index (κ1) is 29.5. The van der Waals surface area contributed by atoms with Crippen LogP contribution in [0, 0.1) is 5.92 Å². The Morgan fingerprint density at radius 3 is 1.82 bits per heavy atom. The van der Waals surface area contributed by atoms with Gasteiger partial charge in [-0.3, -0.25) is 4.79 Å². The van der Waals surface area contributed by atoms with Crippen LogP contribution in [-0.4, -0.2) is 25.6 Å². The topological polar surface area (TPSA) is 50.4 Å². The number of carbonyl (C=O) groups is 1. The van der Waals surface area contributed by atoms with Crippen molar-refractivity contribution < 1.29 is 9.53 Å². The molecule has 2 N–H and O–H groups in total. The van der Waals surface area contributed by atoms with E-state index in [0.717, 1.165) is 37.4 Å². The standard InChI is InChI=1S/C29H52N2O2/c1-4-5-6-7-8-9-10-11-12-13-14-15-16-17-23-30-25-29(32)31-27-18-20-28(21-19-27)33-24-22-26(2)3/h18-21,26,30H,4-17,22-25H2,1-3H3,(H,31,32). The lowest BCUT2D eigenvalue weighted by Gasteiger charge is -2.10. The fraction of sp³-hybridized carbons (Fsp3) is 0.759. The maximum Gasteiger partial charge on any atom is 0.238 e. The number of ether oxygens (including phenoxy) is 1. The van der Waals surface area contributed by atoms with Crippen molar-refractivity contribution in [2.24, 2.45) is 5.92 Å². The number of amides is 1. The number of rotatable bonds is 22. The van der Waals surface area contributed by atoms with Gasteiger partial charge in [-0.25, -0.2) is 0 Å². The largest absolute Gasteiger partial charge is 0.494 e. The number of hydrogen-bond acceptors (Lipinski definition) is 3. The van der Waals surface area contributed by atoms with Gasteiger partial charge in [-0.05, 0) is 49.6 Å². The average molecular weight is 461 g/mol. The molecule has 0 aliphatic rings. The molecule has 0 radical (unpaired) electrons. The van der Waals surface area contributed by atoms with Crippen molar-refractivity contribution in [2.45, 2.75) is 117 Å². The molecule has 0 unspecified atom stereocenters. The maximum absolute atomic E-state index is 12.1. The molecule has 0 spiro atoms. The summed E-state index contributed by atoms with van der Waals surface area (Å²) in [6, 6.07) is 7.63. The lowest BCUT2D eigenvalue weighted by atomic mass is 10.0. The molecule has 0 atom stereocenters. The number of nitrogens with one attached hydrogen (secondary N) is 2. The van der Waals surface area contributed by atoms with Crippen LogP contribution >= 0.6 is 0 Å². The maximum atomic E-state index is 12.1. The Balaban J connectivity index is 1.89. The molecule has 1 aromatic carbocycles. The van der Waals surface area contributed by atoms with E-state index in [1.165, 1.54) is 83.5 Å². The second kappa shape index (κ2) is 21.0. The fourth-order valence-corrected chi connectivity index (χ4v) is 3.90. The molecule has 0 saturated carbocycles. The SMILES string of the molecule is CCCCCCCCCCCCCCCCNCC(=O)Nc1ccc(OCCC(C)C)cc1. The summed E-state index contributed by atoms with van der Waals surface area (Å²) >= 11 is 0. The minimum atomic E-state index is 0.00818. The molecule has 0 saturated heterocycles. The first-order chi connectivity index (χ1) is 16.1. The smallest absolute Gasteiger partial charge is 0.238 e. The number of unbranched alkanes of at least 4 members (excludes halogenated alkanes) is 13. The number of carbonyl (C=O) groups excluding carboxylic acids is 1. The molecule has 1 rings (SSSR count). The molecule has 0 heterocycles. The predicted octanol–water partition coefficient (Wildman–Crippen LogP) is 8.12. The molecule has 0 aliphatic carbocycles. The zero-order valence-corrected chi connectivity index (χ0v) is 21.9. The second-order valence-corrected chi connectivity index (χ2v) is 9.88. The lowest BCUT2D eigenvalue weighted by molar-refractivity contribution is -0.115. The summed E-state index contributed by atoms with van der Waals surface area (Å²) in [6.45, 7) is 8.67. The quantitative estimate of drug-likeness (QED) is 0.172. The Hall–Kier alpha value is -1.55. The molecule has 1 amide bonds. The van der Waals surface area contributed by atoms with E-state index < -0.39 is 0 Å². The third kappa shape index (κ3) is 18.6. The molecule has 0 fully saturated rings. The average Bonchev–Trinajstić information content (AvgIpc) is 2.79. The summed E-state index contributed by atoms with van der Waals surface area (Å²) in [5.74, 6) is 1.50. The van der Waals surface area contributed by atoms with Gasteiger partial charge in [0.1, 0.15) is 5.75 Å². The van der Waals surface area contributed by atoms with Crippen molar-refractivity contribution in [3.8, 4) is 5.75 Å². The van der Waals surface area contributed by atoms with Crippen LogP contribution in [0.2, 0.25) is 0 Å². The Labute approximate surface area is 204 Å². The highest BCUT2D eigenvalue weighted by atomic mass is 16.5. The summed E-state index contributed by atoms with van der Waals surface area (Å²) in [5.41, 5.74) is 0.814. The van der Waals surface area contributed by atoms with E-state index in [1.54, 1.807) is 0 Å². The van der Waals surface area contributed by atoms with Gasteiger partial charge < -0.3 is 15.4 Å². The van der Waals surface area contributed by atoms with Gasteiger partial charge in [-0.15, -0.1) is 0 Å². The Morgan fingerprint density at radius 1 is 0.788 bits per heavy atom. The van der Waals surface area contributed by atoms with Gasteiger partial charge in [0.15, 0.2) is 0 Å². The van der Waals surface area contributed by atoms with Crippen molar-refractivity contribution >= 4 is 11.6 Å². The molecule has 4 nitrogen and oxygen atoms in total. The van der Waals surface area contributed by atoms with Gasteiger partial charge >= 0.3 is 0 Å².